The smallest absolute Gasteiger partial charge is 0.179 e. The standard InChI is InChI=1S/C24H22Cl2N4O3S/c1-30(2)13-14-4-6-16(7-5-14)28-23-21(34(3,32)33)12-27-20-9-8-19(29-22(20)23)15-10-17(25)24(31)18(26)11-15/h4-12,31H,13H2,1-3H3,(H,27,28). The van der Waals surface area contributed by atoms with Crippen LogP contribution in [-0.4, -0.2) is 48.7 Å². The molecule has 0 fully saturated rings. The summed E-state index contributed by atoms with van der Waals surface area (Å²) in [5.74, 6) is -0.214. The van der Waals surface area contributed by atoms with Crippen molar-refractivity contribution < 1.29 is 13.5 Å². The van der Waals surface area contributed by atoms with Gasteiger partial charge in [-0.3, -0.25) is 4.98 Å². The van der Waals surface area contributed by atoms with Crippen molar-refractivity contribution in [3.05, 3.63) is 70.3 Å². The van der Waals surface area contributed by atoms with E-state index >= 15 is 0 Å². The molecule has 2 N–H and O–H groups in total. The number of nitrogens with zero attached hydrogens (tertiary/aromatic N) is 3. The summed E-state index contributed by atoms with van der Waals surface area (Å²) in [5.41, 5.74) is 4.11. The molecule has 0 saturated heterocycles. The number of fused-ring (bicyclic) bond motifs is 1. The van der Waals surface area contributed by atoms with Gasteiger partial charge in [0.05, 0.1) is 26.9 Å². The average molecular weight is 517 g/mol. The van der Waals surface area contributed by atoms with Gasteiger partial charge in [-0.1, -0.05) is 35.3 Å². The molecule has 0 aliphatic rings. The molecule has 4 rings (SSSR count). The Bertz CT molecular complexity index is 1470. The molecule has 0 aliphatic carbocycles. The number of hydrogen-bond acceptors (Lipinski definition) is 7. The zero-order valence-electron chi connectivity index (χ0n) is 18.7. The minimum atomic E-state index is -3.61. The third-order valence-electron chi connectivity index (χ3n) is 5.11. The number of pyridine rings is 2. The molecule has 0 aliphatic heterocycles. The number of hydrogen-bond donors (Lipinski definition) is 2. The Labute approximate surface area is 207 Å². The van der Waals surface area contributed by atoms with Crippen LogP contribution in [0.1, 0.15) is 5.56 Å². The molecule has 0 radical (unpaired) electrons. The Hall–Kier alpha value is -2.91. The minimum Gasteiger partial charge on any atom is -0.505 e. The van der Waals surface area contributed by atoms with Gasteiger partial charge in [0.1, 0.15) is 10.4 Å². The van der Waals surface area contributed by atoms with Gasteiger partial charge >= 0.3 is 0 Å². The largest absolute Gasteiger partial charge is 0.505 e. The zero-order valence-corrected chi connectivity index (χ0v) is 21.0. The number of aromatic hydroxyl groups is 1. The molecule has 2 aromatic carbocycles. The Morgan fingerprint density at radius 2 is 1.68 bits per heavy atom. The molecule has 0 saturated carbocycles. The van der Waals surface area contributed by atoms with E-state index in [0.717, 1.165) is 18.4 Å². The number of benzene rings is 2. The fraction of sp³-hybridized carbons (Fsp3) is 0.167. The molecule has 0 unspecified atom stereocenters. The van der Waals surface area contributed by atoms with Crippen LogP contribution < -0.4 is 5.32 Å². The van der Waals surface area contributed by atoms with E-state index in [1.807, 2.05) is 38.4 Å². The molecule has 0 amide bonds. The van der Waals surface area contributed by atoms with Gasteiger partial charge in [0.25, 0.3) is 0 Å². The molecule has 2 aromatic heterocycles. The third-order valence-corrected chi connectivity index (χ3v) is 6.80. The van der Waals surface area contributed by atoms with Gasteiger partial charge in [-0.2, -0.15) is 0 Å². The fourth-order valence-electron chi connectivity index (χ4n) is 3.53. The summed E-state index contributed by atoms with van der Waals surface area (Å²) in [6.45, 7) is 0.787. The molecule has 0 spiro atoms. The maximum Gasteiger partial charge on any atom is 0.179 e. The first-order valence-corrected chi connectivity index (χ1v) is 12.9. The van der Waals surface area contributed by atoms with Crippen LogP contribution in [0.2, 0.25) is 10.0 Å². The second-order valence-corrected chi connectivity index (χ2v) is 11.0. The number of phenols is 1. The van der Waals surface area contributed by atoms with Crippen molar-refractivity contribution in [2.24, 2.45) is 0 Å². The van der Waals surface area contributed by atoms with Crippen LogP contribution in [0.3, 0.4) is 0 Å². The summed E-state index contributed by atoms with van der Waals surface area (Å²) in [6.07, 6.45) is 2.46. The van der Waals surface area contributed by atoms with Crippen molar-refractivity contribution in [2.45, 2.75) is 11.4 Å². The van der Waals surface area contributed by atoms with Gasteiger partial charge in [-0.25, -0.2) is 13.4 Å². The van der Waals surface area contributed by atoms with E-state index in [1.165, 1.54) is 6.20 Å². The SMILES string of the molecule is CN(C)Cc1ccc(Nc2c(S(C)(=O)=O)cnc3ccc(-c4cc(Cl)c(O)c(Cl)c4)nc23)cc1. The lowest BCUT2D eigenvalue weighted by Crippen LogP contribution is -2.10. The van der Waals surface area contributed by atoms with Crippen LogP contribution >= 0.6 is 23.2 Å². The second-order valence-electron chi connectivity index (χ2n) is 8.18. The molecule has 10 heteroatoms. The van der Waals surface area contributed by atoms with Crippen molar-refractivity contribution in [2.75, 3.05) is 25.7 Å². The monoisotopic (exact) mass is 516 g/mol. The summed E-state index contributed by atoms with van der Waals surface area (Å²) in [5, 5.41) is 13.3. The van der Waals surface area contributed by atoms with Gasteiger partial charge in [-0.15, -0.1) is 0 Å². The zero-order chi connectivity index (χ0) is 24.6. The molecule has 0 atom stereocenters. The molecule has 176 valence electrons. The lowest BCUT2D eigenvalue weighted by Gasteiger charge is -2.15. The predicted octanol–water partition coefficient (Wildman–Crippen LogP) is 5.52. The lowest BCUT2D eigenvalue weighted by molar-refractivity contribution is 0.402. The third kappa shape index (κ3) is 5.10. The highest BCUT2D eigenvalue weighted by Gasteiger charge is 2.20. The highest BCUT2D eigenvalue weighted by Crippen LogP contribution is 2.37. The lowest BCUT2D eigenvalue weighted by atomic mass is 10.1. The van der Waals surface area contributed by atoms with E-state index in [1.54, 1.807) is 24.3 Å². The number of rotatable bonds is 6. The summed E-state index contributed by atoms with van der Waals surface area (Å²) in [6, 6.07) is 14.3. The molecule has 2 heterocycles. The maximum atomic E-state index is 12.6. The number of phenolic OH excluding ortho intramolecular Hbond substituents is 1. The Morgan fingerprint density at radius 1 is 1.03 bits per heavy atom. The van der Waals surface area contributed by atoms with Gasteiger partial charge in [0.15, 0.2) is 15.6 Å². The first-order valence-electron chi connectivity index (χ1n) is 10.2. The van der Waals surface area contributed by atoms with Gasteiger partial charge in [0.2, 0.25) is 0 Å². The van der Waals surface area contributed by atoms with Crippen LogP contribution in [0, 0.1) is 0 Å². The number of nitrogens with one attached hydrogen (secondary N) is 1. The average Bonchev–Trinajstić information content (AvgIpc) is 2.77. The second kappa shape index (κ2) is 9.38. The van der Waals surface area contributed by atoms with E-state index in [4.69, 9.17) is 23.2 Å². The van der Waals surface area contributed by atoms with E-state index < -0.39 is 9.84 Å². The van der Waals surface area contributed by atoms with Crippen LogP contribution in [-0.2, 0) is 16.4 Å². The van der Waals surface area contributed by atoms with Crippen LogP contribution in [0.5, 0.6) is 5.75 Å². The van der Waals surface area contributed by atoms with Crippen LogP contribution in [0.15, 0.2) is 59.6 Å². The fourth-order valence-corrected chi connectivity index (χ4v) is 4.78. The molecular weight excluding hydrogens is 495 g/mol. The number of sulfone groups is 1. The Morgan fingerprint density at radius 3 is 2.26 bits per heavy atom. The van der Waals surface area contributed by atoms with Crippen molar-refractivity contribution in [3.63, 3.8) is 0 Å². The molecule has 34 heavy (non-hydrogen) atoms. The highest BCUT2D eigenvalue weighted by atomic mass is 35.5. The minimum absolute atomic E-state index is 0.0313. The maximum absolute atomic E-state index is 12.6. The summed E-state index contributed by atoms with van der Waals surface area (Å²) in [7, 11) is 0.370. The Kier molecular flexibility index (Phi) is 6.69. The van der Waals surface area contributed by atoms with Crippen molar-refractivity contribution in [3.8, 4) is 17.0 Å². The molecule has 4 aromatic rings. The van der Waals surface area contributed by atoms with E-state index in [0.29, 0.717) is 33.7 Å². The normalized spacial score (nSPS) is 11.8. The van der Waals surface area contributed by atoms with Crippen molar-refractivity contribution >= 4 is 55.4 Å². The van der Waals surface area contributed by atoms with Crippen LogP contribution in [0.25, 0.3) is 22.3 Å². The van der Waals surface area contributed by atoms with Crippen molar-refractivity contribution in [1.82, 2.24) is 14.9 Å². The van der Waals surface area contributed by atoms with Crippen molar-refractivity contribution in [1.29, 1.82) is 0 Å². The molecule has 7 nitrogen and oxygen atoms in total. The number of anilines is 2. The van der Waals surface area contributed by atoms with Crippen LogP contribution in [0.4, 0.5) is 11.4 Å². The quantitative estimate of drug-likeness (QED) is 0.348. The van der Waals surface area contributed by atoms with E-state index in [-0.39, 0.29) is 20.7 Å². The summed E-state index contributed by atoms with van der Waals surface area (Å²) < 4.78 is 25.1. The highest BCUT2D eigenvalue weighted by molar-refractivity contribution is 7.90. The summed E-state index contributed by atoms with van der Waals surface area (Å²) >= 11 is 12.2. The molecule has 0 bridgehead atoms. The summed E-state index contributed by atoms with van der Waals surface area (Å²) in [4.78, 5) is 11.1. The van der Waals surface area contributed by atoms with E-state index in [2.05, 4.69) is 20.2 Å². The van der Waals surface area contributed by atoms with Gasteiger partial charge < -0.3 is 15.3 Å². The van der Waals surface area contributed by atoms with Gasteiger partial charge in [0, 0.05) is 30.2 Å². The first kappa shape index (κ1) is 24.2. The Balaban J connectivity index is 1.86. The molecular formula is C24H22Cl2N4O3S. The topological polar surface area (TPSA) is 95.4 Å². The number of halogens is 2. The predicted molar refractivity (Wildman–Crippen MR) is 137 cm³/mol. The number of aromatic nitrogens is 2. The van der Waals surface area contributed by atoms with Gasteiger partial charge in [-0.05, 0) is 56.1 Å². The van der Waals surface area contributed by atoms with E-state index in [9.17, 15) is 13.5 Å². The first-order chi connectivity index (χ1) is 16.0.